The van der Waals surface area contributed by atoms with Crippen molar-refractivity contribution in [1.82, 2.24) is 5.32 Å². The number of hydrogen-bond donors (Lipinski definition) is 2. The Labute approximate surface area is 104 Å². The number of benzene rings is 1. The molecule has 0 aliphatic carbocycles. The molecule has 6 nitrogen and oxygen atoms in total. The maximum atomic E-state index is 12.1. The molecule has 0 aromatic heterocycles. The molecule has 3 rings (SSSR count). The Kier molecular flexibility index (Phi) is 2.71. The molecule has 0 saturated carbocycles. The van der Waals surface area contributed by atoms with Gasteiger partial charge in [-0.1, -0.05) is 0 Å². The molecule has 3 N–H and O–H groups in total. The second kappa shape index (κ2) is 4.38. The second-order valence-corrected chi connectivity index (χ2v) is 4.33. The van der Waals surface area contributed by atoms with Crippen LogP contribution in [0.15, 0.2) is 12.1 Å². The monoisotopic (exact) mass is 250 g/mol. The van der Waals surface area contributed by atoms with E-state index in [1.807, 2.05) is 0 Å². The van der Waals surface area contributed by atoms with E-state index in [2.05, 4.69) is 5.32 Å². The highest BCUT2D eigenvalue weighted by Crippen LogP contribution is 2.35. The van der Waals surface area contributed by atoms with Gasteiger partial charge in [-0.25, -0.2) is 0 Å². The molecule has 2 aliphatic heterocycles. The first-order chi connectivity index (χ1) is 8.74. The number of nitrogens with one attached hydrogen (secondary N) is 1. The van der Waals surface area contributed by atoms with Gasteiger partial charge in [-0.2, -0.15) is 0 Å². The Balaban J connectivity index is 1.80. The quantitative estimate of drug-likeness (QED) is 0.747. The second-order valence-electron chi connectivity index (χ2n) is 4.33. The van der Waals surface area contributed by atoms with Crippen molar-refractivity contribution in [3.05, 3.63) is 17.7 Å². The molecular weight excluding hydrogens is 236 g/mol. The van der Waals surface area contributed by atoms with Crippen LogP contribution in [0, 0.1) is 0 Å². The number of fused-ring (bicyclic) bond motifs is 1. The number of ether oxygens (including phenoxy) is 3. The first-order valence-corrected chi connectivity index (χ1v) is 5.82. The van der Waals surface area contributed by atoms with Crippen LogP contribution in [0.1, 0.15) is 16.8 Å². The lowest BCUT2D eigenvalue weighted by Crippen LogP contribution is -2.35. The van der Waals surface area contributed by atoms with Crippen LogP contribution in [0.5, 0.6) is 11.5 Å². The van der Waals surface area contributed by atoms with Crippen molar-refractivity contribution >= 4 is 11.6 Å². The summed E-state index contributed by atoms with van der Waals surface area (Å²) in [5.41, 5.74) is 6.63. The summed E-state index contributed by atoms with van der Waals surface area (Å²) in [6.45, 7) is 1.40. The van der Waals surface area contributed by atoms with Gasteiger partial charge < -0.3 is 25.3 Å². The average Bonchev–Trinajstić information content (AvgIpc) is 2.98. The predicted molar refractivity (Wildman–Crippen MR) is 63.7 cm³/mol. The molecule has 1 fully saturated rings. The third-order valence-corrected chi connectivity index (χ3v) is 3.05. The van der Waals surface area contributed by atoms with Gasteiger partial charge in [0.2, 0.25) is 6.79 Å². The lowest BCUT2D eigenvalue weighted by Gasteiger charge is -2.12. The number of carbonyl (C=O) groups is 1. The van der Waals surface area contributed by atoms with E-state index < -0.39 is 0 Å². The highest BCUT2D eigenvalue weighted by molar-refractivity contribution is 6.00. The van der Waals surface area contributed by atoms with Gasteiger partial charge in [-0.3, -0.25) is 4.79 Å². The van der Waals surface area contributed by atoms with Crippen LogP contribution in [-0.2, 0) is 4.74 Å². The molecular formula is C12H14N2O4. The number of nitrogen functional groups attached to an aromatic ring is 1. The zero-order chi connectivity index (χ0) is 12.5. The van der Waals surface area contributed by atoms with Gasteiger partial charge in [0, 0.05) is 18.4 Å². The summed E-state index contributed by atoms with van der Waals surface area (Å²) in [6, 6.07) is 3.29. The maximum absolute atomic E-state index is 12.1. The van der Waals surface area contributed by atoms with Crippen LogP contribution in [0.2, 0.25) is 0 Å². The zero-order valence-electron chi connectivity index (χ0n) is 9.77. The van der Waals surface area contributed by atoms with Crippen LogP contribution in [0.3, 0.4) is 0 Å². The Morgan fingerprint density at radius 3 is 2.83 bits per heavy atom. The normalized spacial score (nSPS) is 21.0. The maximum Gasteiger partial charge on any atom is 0.253 e. The van der Waals surface area contributed by atoms with Crippen molar-refractivity contribution in [2.24, 2.45) is 0 Å². The zero-order valence-corrected chi connectivity index (χ0v) is 9.77. The van der Waals surface area contributed by atoms with E-state index in [4.69, 9.17) is 19.9 Å². The first-order valence-electron chi connectivity index (χ1n) is 5.82. The topological polar surface area (TPSA) is 82.8 Å². The van der Waals surface area contributed by atoms with Crippen molar-refractivity contribution < 1.29 is 19.0 Å². The van der Waals surface area contributed by atoms with Crippen molar-refractivity contribution in [3.63, 3.8) is 0 Å². The number of rotatable bonds is 2. The minimum Gasteiger partial charge on any atom is -0.454 e. The van der Waals surface area contributed by atoms with Gasteiger partial charge in [0.15, 0.2) is 11.5 Å². The van der Waals surface area contributed by atoms with Crippen molar-refractivity contribution in [3.8, 4) is 11.5 Å². The van der Waals surface area contributed by atoms with E-state index in [9.17, 15) is 4.79 Å². The Morgan fingerprint density at radius 1 is 1.33 bits per heavy atom. The predicted octanol–water partition coefficient (Wildman–Crippen LogP) is 0.516. The molecule has 2 heterocycles. The lowest BCUT2D eigenvalue weighted by molar-refractivity contribution is 0.0930. The summed E-state index contributed by atoms with van der Waals surface area (Å²) in [4.78, 5) is 12.1. The van der Waals surface area contributed by atoms with Crippen molar-refractivity contribution in [1.29, 1.82) is 0 Å². The van der Waals surface area contributed by atoms with Crippen LogP contribution >= 0.6 is 0 Å². The van der Waals surface area contributed by atoms with Gasteiger partial charge in [0.05, 0.1) is 18.2 Å². The van der Waals surface area contributed by atoms with Crippen LogP contribution in [0.25, 0.3) is 0 Å². The average molecular weight is 250 g/mol. The minimum atomic E-state index is -0.207. The van der Waals surface area contributed by atoms with E-state index in [1.54, 1.807) is 12.1 Å². The number of amides is 1. The lowest BCUT2D eigenvalue weighted by atomic mass is 10.1. The van der Waals surface area contributed by atoms with E-state index in [0.29, 0.717) is 36.0 Å². The molecule has 6 heteroatoms. The summed E-state index contributed by atoms with van der Waals surface area (Å²) in [7, 11) is 0. The Morgan fingerprint density at radius 2 is 2.11 bits per heavy atom. The summed E-state index contributed by atoms with van der Waals surface area (Å²) >= 11 is 0. The molecule has 0 spiro atoms. The summed E-state index contributed by atoms with van der Waals surface area (Å²) in [6.07, 6.45) is 0.830. The molecule has 0 radical (unpaired) electrons. The molecule has 1 aromatic carbocycles. The Bertz CT molecular complexity index is 483. The molecule has 1 aromatic rings. The third-order valence-electron chi connectivity index (χ3n) is 3.05. The van der Waals surface area contributed by atoms with Crippen LogP contribution in [0.4, 0.5) is 5.69 Å². The van der Waals surface area contributed by atoms with E-state index in [-0.39, 0.29) is 18.7 Å². The smallest absolute Gasteiger partial charge is 0.253 e. The van der Waals surface area contributed by atoms with Gasteiger partial charge in [0.1, 0.15) is 0 Å². The summed E-state index contributed by atoms with van der Waals surface area (Å²) < 4.78 is 15.6. The van der Waals surface area contributed by atoms with Crippen molar-refractivity contribution in [2.75, 3.05) is 25.7 Å². The third kappa shape index (κ3) is 1.95. The SMILES string of the molecule is Nc1cc2c(cc1C(=O)NC1CCOC1)OCO2. The number of hydrogen-bond acceptors (Lipinski definition) is 5. The van der Waals surface area contributed by atoms with Gasteiger partial charge in [-0.05, 0) is 12.5 Å². The Hall–Kier alpha value is -1.95. The number of carbonyl (C=O) groups excluding carboxylic acids is 1. The van der Waals surface area contributed by atoms with E-state index >= 15 is 0 Å². The largest absolute Gasteiger partial charge is 0.454 e. The van der Waals surface area contributed by atoms with Crippen molar-refractivity contribution in [2.45, 2.75) is 12.5 Å². The highest BCUT2D eigenvalue weighted by atomic mass is 16.7. The number of nitrogens with two attached hydrogens (primary N) is 1. The van der Waals surface area contributed by atoms with Gasteiger partial charge in [0.25, 0.3) is 5.91 Å². The summed E-state index contributed by atoms with van der Waals surface area (Å²) in [5.74, 6) is 0.923. The molecule has 0 bridgehead atoms. The molecule has 1 amide bonds. The fourth-order valence-electron chi connectivity index (χ4n) is 2.07. The fraction of sp³-hybridized carbons (Fsp3) is 0.417. The molecule has 1 unspecified atom stereocenters. The highest BCUT2D eigenvalue weighted by Gasteiger charge is 2.23. The number of anilines is 1. The van der Waals surface area contributed by atoms with Gasteiger partial charge in [-0.15, -0.1) is 0 Å². The first kappa shape index (κ1) is 11.2. The van der Waals surface area contributed by atoms with Crippen LogP contribution < -0.4 is 20.5 Å². The minimum absolute atomic E-state index is 0.0577. The molecule has 1 saturated heterocycles. The molecule has 2 aliphatic rings. The molecule has 18 heavy (non-hydrogen) atoms. The van der Waals surface area contributed by atoms with E-state index in [1.165, 1.54) is 0 Å². The summed E-state index contributed by atoms with van der Waals surface area (Å²) in [5, 5.41) is 2.89. The molecule has 96 valence electrons. The fourth-order valence-corrected chi connectivity index (χ4v) is 2.07. The van der Waals surface area contributed by atoms with E-state index in [0.717, 1.165) is 6.42 Å². The van der Waals surface area contributed by atoms with Crippen LogP contribution in [-0.4, -0.2) is 32.0 Å². The molecule has 1 atom stereocenters. The van der Waals surface area contributed by atoms with Gasteiger partial charge >= 0.3 is 0 Å². The standard InChI is InChI=1S/C12H14N2O4/c13-9-4-11-10(17-6-18-11)3-8(9)12(15)14-7-1-2-16-5-7/h3-4,7H,1-2,5-6,13H2,(H,14,15).